The van der Waals surface area contributed by atoms with Crippen molar-refractivity contribution in [1.82, 2.24) is 0 Å². The molecule has 0 saturated heterocycles. The highest BCUT2D eigenvalue weighted by molar-refractivity contribution is 5.76. The van der Waals surface area contributed by atoms with E-state index in [9.17, 15) is 9.59 Å². The Morgan fingerprint density at radius 2 is 1.07 bits per heavy atom. The lowest BCUT2D eigenvalue weighted by atomic mass is 9.93. The molecule has 1 amide bonds. The molecule has 4 heteroatoms. The van der Waals surface area contributed by atoms with Crippen LogP contribution in [0.1, 0.15) is 135 Å². The molecule has 0 aromatic heterocycles. The Kier molecular flexibility index (Phi) is 22.2. The average molecular weight is 409 g/mol. The highest BCUT2D eigenvalue weighted by Gasteiger charge is 2.14. The summed E-state index contributed by atoms with van der Waals surface area (Å²) < 4.78 is 0. The van der Waals surface area contributed by atoms with Crippen molar-refractivity contribution in [2.24, 2.45) is 16.6 Å². The van der Waals surface area contributed by atoms with E-state index in [-0.39, 0.29) is 11.8 Å². The molecule has 170 valence electrons. The number of hydrogen-bond acceptors (Lipinski definition) is 3. The van der Waals surface area contributed by atoms with Crippen LogP contribution < -0.4 is 5.73 Å². The zero-order chi connectivity index (χ0) is 21.4. The van der Waals surface area contributed by atoms with Gasteiger partial charge < -0.3 is 5.73 Å². The maximum Gasteiger partial charge on any atom is 0.234 e. The van der Waals surface area contributed by atoms with E-state index in [4.69, 9.17) is 5.73 Å². The molecule has 0 fully saturated rings. The van der Waals surface area contributed by atoms with E-state index in [0.29, 0.717) is 6.54 Å². The van der Waals surface area contributed by atoms with Gasteiger partial charge in [-0.3, -0.25) is 4.79 Å². The fourth-order valence-corrected chi connectivity index (χ4v) is 3.99. The highest BCUT2D eigenvalue weighted by atomic mass is 16.1. The first-order valence-electron chi connectivity index (χ1n) is 12.5. The number of rotatable bonds is 23. The smallest absolute Gasteiger partial charge is 0.234 e. The van der Waals surface area contributed by atoms with Crippen molar-refractivity contribution in [2.75, 3.05) is 6.54 Å². The third-order valence-electron chi connectivity index (χ3n) is 5.95. The second-order valence-corrected chi connectivity index (χ2v) is 8.66. The Morgan fingerprint density at radius 3 is 1.45 bits per heavy atom. The van der Waals surface area contributed by atoms with Crippen molar-refractivity contribution in [3.8, 4) is 0 Å². The summed E-state index contributed by atoms with van der Waals surface area (Å²) in [7, 11) is 0. The van der Waals surface area contributed by atoms with Gasteiger partial charge in [-0.1, -0.05) is 116 Å². The molecule has 0 aromatic carbocycles. The van der Waals surface area contributed by atoms with Gasteiger partial charge in [-0.05, 0) is 19.3 Å². The van der Waals surface area contributed by atoms with Crippen LogP contribution in [0.2, 0.25) is 0 Å². The van der Waals surface area contributed by atoms with Gasteiger partial charge in [0.1, 0.15) is 0 Å². The minimum absolute atomic E-state index is 0.0420. The molecule has 1 unspecified atom stereocenters. The Hall–Kier alpha value is -1.15. The van der Waals surface area contributed by atoms with E-state index in [1.165, 1.54) is 83.5 Å². The van der Waals surface area contributed by atoms with Crippen LogP contribution in [0, 0.1) is 5.92 Å². The molecule has 0 aliphatic carbocycles. The lowest BCUT2D eigenvalue weighted by Crippen LogP contribution is -2.23. The van der Waals surface area contributed by atoms with E-state index in [1.54, 1.807) is 6.08 Å². The number of unbranched alkanes of at least 4 members (excludes halogenated alkanes) is 16. The number of primary amides is 1. The van der Waals surface area contributed by atoms with Gasteiger partial charge in [-0.15, -0.1) is 0 Å². The van der Waals surface area contributed by atoms with Crippen LogP contribution in [0.15, 0.2) is 4.99 Å². The van der Waals surface area contributed by atoms with E-state index < -0.39 is 0 Å². The van der Waals surface area contributed by atoms with Crippen LogP contribution in [0.3, 0.4) is 0 Å². The van der Waals surface area contributed by atoms with E-state index in [1.807, 2.05) is 0 Å². The zero-order valence-electron chi connectivity index (χ0n) is 19.3. The SMILES string of the molecule is CCCCCCCCCCCCCCCCC(CCCCCCN=C=O)C(N)=O. The predicted molar refractivity (Wildman–Crippen MR) is 124 cm³/mol. The number of amides is 1. The lowest BCUT2D eigenvalue weighted by molar-refractivity contribution is -0.122. The van der Waals surface area contributed by atoms with Crippen molar-refractivity contribution in [2.45, 2.75) is 135 Å². The first-order valence-corrected chi connectivity index (χ1v) is 12.5. The van der Waals surface area contributed by atoms with Gasteiger partial charge >= 0.3 is 0 Å². The van der Waals surface area contributed by atoms with Gasteiger partial charge in [0.2, 0.25) is 12.0 Å². The summed E-state index contributed by atoms with van der Waals surface area (Å²) in [5.41, 5.74) is 5.57. The molecule has 1 atom stereocenters. The third kappa shape index (κ3) is 21.4. The number of nitrogens with two attached hydrogens (primary N) is 1. The molecule has 4 nitrogen and oxygen atoms in total. The van der Waals surface area contributed by atoms with Crippen LogP contribution in [0.5, 0.6) is 0 Å². The largest absolute Gasteiger partial charge is 0.369 e. The fourth-order valence-electron chi connectivity index (χ4n) is 3.99. The summed E-state index contributed by atoms with van der Waals surface area (Å²) in [6.45, 7) is 2.84. The van der Waals surface area contributed by atoms with Crippen LogP contribution in [-0.2, 0) is 9.59 Å². The van der Waals surface area contributed by atoms with Crippen LogP contribution in [-0.4, -0.2) is 18.5 Å². The molecule has 0 bridgehead atoms. The number of isocyanates is 1. The molecule has 0 heterocycles. The summed E-state index contributed by atoms with van der Waals surface area (Å²) in [4.78, 5) is 25.2. The minimum Gasteiger partial charge on any atom is -0.369 e. The van der Waals surface area contributed by atoms with Crippen LogP contribution in [0.25, 0.3) is 0 Å². The molecule has 29 heavy (non-hydrogen) atoms. The number of aliphatic imine (C=N–C) groups is 1. The number of nitrogens with zero attached hydrogens (tertiary/aromatic N) is 1. The van der Waals surface area contributed by atoms with Crippen molar-refractivity contribution >= 4 is 12.0 Å². The minimum atomic E-state index is -0.134. The van der Waals surface area contributed by atoms with Crippen molar-refractivity contribution in [3.63, 3.8) is 0 Å². The molecular formula is C25H48N2O2. The molecule has 0 spiro atoms. The van der Waals surface area contributed by atoms with Gasteiger partial charge in [0.25, 0.3) is 0 Å². The first kappa shape index (κ1) is 27.8. The monoisotopic (exact) mass is 408 g/mol. The Labute approximate surface area is 180 Å². The molecular weight excluding hydrogens is 360 g/mol. The molecule has 0 aromatic rings. The average Bonchev–Trinajstić information content (AvgIpc) is 2.71. The van der Waals surface area contributed by atoms with Gasteiger partial charge in [0, 0.05) is 5.92 Å². The van der Waals surface area contributed by atoms with Gasteiger partial charge in [-0.2, -0.15) is 0 Å². The van der Waals surface area contributed by atoms with Gasteiger partial charge in [0.15, 0.2) is 0 Å². The summed E-state index contributed by atoms with van der Waals surface area (Å²) in [5, 5.41) is 0. The van der Waals surface area contributed by atoms with E-state index >= 15 is 0 Å². The van der Waals surface area contributed by atoms with Crippen LogP contribution in [0.4, 0.5) is 0 Å². The van der Waals surface area contributed by atoms with Crippen LogP contribution >= 0.6 is 0 Å². The van der Waals surface area contributed by atoms with E-state index in [2.05, 4.69) is 11.9 Å². The quantitative estimate of drug-likeness (QED) is 0.110. The number of carbonyl (C=O) groups excluding carboxylic acids is 2. The second-order valence-electron chi connectivity index (χ2n) is 8.66. The normalized spacial score (nSPS) is 11.9. The molecule has 2 N–H and O–H groups in total. The summed E-state index contributed by atoms with van der Waals surface area (Å²) in [6.07, 6.45) is 26.5. The lowest BCUT2D eigenvalue weighted by Gasteiger charge is -2.13. The zero-order valence-corrected chi connectivity index (χ0v) is 19.3. The Morgan fingerprint density at radius 1 is 0.690 bits per heavy atom. The summed E-state index contributed by atoms with van der Waals surface area (Å²) >= 11 is 0. The molecule has 0 saturated carbocycles. The van der Waals surface area contributed by atoms with Gasteiger partial charge in [0.05, 0.1) is 6.54 Å². The first-order chi connectivity index (χ1) is 14.2. The van der Waals surface area contributed by atoms with Crippen molar-refractivity contribution in [1.29, 1.82) is 0 Å². The molecule has 0 aliphatic rings. The third-order valence-corrected chi connectivity index (χ3v) is 5.95. The Bertz CT molecular complexity index is 406. The van der Waals surface area contributed by atoms with Crippen molar-refractivity contribution in [3.05, 3.63) is 0 Å². The summed E-state index contributed by atoms with van der Waals surface area (Å²) in [6, 6.07) is 0. The number of carbonyl (C=O) groups is 1. The van der Waals surface area contributed by atoms with Crippen molar-refractivity contribution < 1.29 is 9.59 Å². The standard InChI is InChI=1S/C25H48N2O2/c1-2-3-4-5-6-7-8-9-10-11-12-13-14-17-20-24(25(26)29)21-18-15-16-19-22-27-23-28/h24H,2-22H2,1H3,(H2,26,29). The highest BCUT2D eigenvalue weighted by Crippen LogP contribution is 2.19. The topological polar surface area (TPSA) is 72.5 Å². The molecule has 0 radical (unpaired) electrons. The summed E-state index contributed by atoms with van der Waals surface area (Å²) in [5.74, 6) is -0.0921. The Balaban J connectivity index is 3.42. The predicted octanol–water partition coefficient (Wildman–Crippen LogP) is 7.25. The fraction of sp³-hybridized carbons (Fsp3) is 0.920. The van der Waals surface area contributed by atoms with Gasteiger partial charge in [-0.25, -0.2) is 9.79 Å². The molecule has 0 rings (SSSR count). The maximum absolute atomic E-state index is 11.6. The second kappa shape index (κ2) is 23.1. The van der Waals surface area contributed by atoms with E-state index in [0.717, 1.165) is 44.9 Å². The number of hydrogen-bond donors (Lipinski definition) is 1. The molecule has 0 aliphatic heterocycles. The maximum atomic E-state index is 11.6.